The van der Waals surface area contributed by atoms with Crippen LogP contribution < -0.4 is 11.5 Å². The van der Waals surface area contributed by atoms with E-state index in [-0.39, 0.29) is 0 Å². The van der Waals surface area contributed by atoms with Crippen molar-refractivity contribution in [3.05, 3.63) is 42.9 Å². The van der Waals surface area contributed by atoms with Crippen LogP contribution in [-0.2, 0) is 0 Å². The lowest BCUT2D eigenvalue weighted by Crippen LogP contribution is -2.27. The Labute approximate surface area is 135 Å². The molecule has 0 unspecified atom stereocenters. The second-order valence-corrected chi connectivity index (χ2v) is 6.34. The Morgan fingerprint density at radius 1 is 1.00 bits per heavy atom. The van der Waals surface area contributed by atoms with Crippen molar-refractivity contribution >= 4 is 16.9 Å². The molecule has 4 rings (SSSR count). The molecule has 2 aromatic heterocycles. The fourth-order valence-corrected chi connectivity index (χ4v) is 3.60. The number of benzene rings is 1. The summed E-state index contributed by atoms with van der Waals surface area (Å²) in [7, 11) is 0. The second-order valence-electron chi connectivity index (χ2n) is 6.34. The molecule has 118 valence electrons. The largest absolute Gasteiger partial charge is 0.383 e. The highest BCUT2D eigenvalue weighted by molar-refractivity contribution is 6.00. The molecular weight excluding hydrogens is 286 g/mol. The van der Waals surface area contributed by atoms with Crippen LogP contribution in [0.4, 0.5) is 5.82 Å². The zero-order chi connectivity index (χ0) is 15.8. The molecule has 1 saturated carbocycles. The van der Waals surface area contributed by atoms with E-state index in [1.54, 1.807) is 6.33 Å². The molecule has 1 fully saturated rings. The molecule has 0 atom stereocenters. The predicted octanol–water partition coefficient (Wildman–Crippen LogP) is 3.12. The summed E-state index contributed by atoms with van der Waals surface area (Å²) in [5.74, 6) is 0.542. The summed E-state index contributed by atoms with van der Waals surface area (Å²) >= 11 is 0. The summed E-state index contributed by atoms with van der Waals surface area (Å²) in [5.41, 5.74) is 15.4. The molecular formula is C18H21N5. The Kier molecular flexibility index (Phi) is 3.50. The first kappa shape index (κ1) is 14.2. The maximum absolute atomic E-state index is 6.17. The number of aromatic nitrogens is 3. The third-order valence-electron chi connectivity index (χ3n) is 4.86. The topological polar surface area (TPSA) is 82.8 Å². The van der Waals surface area contributed by atoms with E-state index >= 15 is 0 Å². The van der Waals surface area contributed by atoms with E-state index in [9.17, 15) is 0 Å². The fraction of sp³-hybridized carbons (Fsp3) is 0.333. The van der Waals surface area contributed by atoms with Crippen LogP contribution in [0, 0.1) is 0 Å². The number of nitrogen functional groups attached to an aromatic ring is 1. The highest BCUT2D eigenvalue weighted by Crippen LogP contribution is 2.37. The Bertz CT molecular complexity index is 816. The van der Waals surface area contributed by atoms with Crippen molar-refractivity contribution in [2.45, 2.75) is 37.8 Å². The Balaban J connectivity index is 1.88. The highest BCUT2D eigenvalue weighted by Gasteiger charge is 2.24. The lowest BCUT2D eigenvalue weighted by molar-refractivity contribution is 0.329. The Morgan fingerprint density at radius 3 is 2.48 bits per heavy atom. The van der Waals surface area contributed by atoms with E-state index in [0.717, 1.165) is 47.8 Å². The summed E-state index contributed by atoms with van der Waals surface area (Å²) in [6.45, 7) is 0. The lowest BCUT2D eigenvalue weighted by Gasteiger charge is -2.27. The summed E-state index contributed by atoms with van der Waals surface area (Å²) in [5, 5.41) is 0.952. The maximum atomic E-state index is 6.17. The van der Waals surface area contributed by atoms with Gasteiger partial charge >= 0.3 is 0 Å². The SMILES string of the molecule is Nc1ncnc2c1c(-c1ccccc1)cn2C1CCC(N)CC1. The average molecular weight is 307 g/mol. The van der Waals surface area contributed by atoms with Crippen molar-refractivity contribution in [1.29, 1.82) is 0 Å². The van der Waals surface area contributed by atoms with Crippen LogP contribution >= 0.6 is 0 Å². The quantitative estimate of drug-likeness (QED) is 0.762. The molecule has 0 radical (unpaired) electrons. The van der Waals surface area contributed by atoms with Crippen molar-refractivity contribution < 1.29 is 0 Å². The molecule has 2 heterocycles. The molecule has 1 aliphatic carbocycles. The number of nitrogens with two attached hydrogens (primary N) is 2. The minimum atomic E-state index is 0.335. The summed E-state index contributed by atoms with van der Waals surface area (Å²) in [6.07, 6.45) is 8.04. The van der Waals surface area contributed by atoms with Crippen molar-refractivity contribution in [2.24, 2.45) is 5.73 Å². The highest BCUT2D eigenvalue weighted by atomic mass is 15.1. The normalized spacial score (nSPS) is 21.6. The first-order valence-electron chi connectivity index (χ1n) is 8.16. The van der Waals surface area contributed by atoms with Gasteiger partial charge in [-0.05, 0) is 31.2 Å². The van der Waals surface area contributed by atoms with Crippen molar-refractivity contribution in [1.82, 2.24) is 14.5 Å². The lowest BCUT2D eigenvalue weighted by atomic mass is 9.92. The van der Waals surface area contributed by atoms with Gasteiger partial charge in [0, 0.05) is 23.8 Å². The molecule has 23 heavy (non-hydrogen) atoms. The van der Waals surface area contributed by atoms with E-state index in [2.05, 4.69) is 32.9 Å². The van der Waals surface area contributed by atoms with Crippen LogP contribution in [-0.4, -0.2) is 20.6 Å². The van der Waals surface area contributed by atoms with Gasteiger partial charge in [-0.3, -0.25) is 0 Å². The summed E-state index contributed by atoms with van der Waals surface area (Å²) < 4.78 is 2.28. The van der Waals surface area contributed by atoms with Gasteiger partial charge in [0.05, 0.1) is 5.39 Å². The average Bonchev–Trinajstić information content (AvgIpc) is 2.97. The van der Waals surface area contributed by atoms with Gasteiger partial charge in [0.15, 0.2) is 0 Å². The van der Waals surface area contributed by atoms with Crippen LogP contribution in [0.3, 0.4) is 0 Å². The number of hydrogen-bond donors (Lipinski definition) is 2. The molecule has 5 heteroatoms. The van der Waals surface area contributed by atoms with Gasteiger partial charge < -0.3 is 16.0 Å². The van der Waals surface area contributed by atoms with Gasteiger partial charge in [-0.2, -0.15) is 0 Å². The number of nitrogens with zero attached hydrogens (tertiary/aromatic N) is 3. The third-order valence-corrected chi connectivity index (χ3v) is 4.86. The molecule has 0 spiro atoms. The first-order chi connectivity index (χ1) is 11.2. The smallest absolute Gasteiger partial charge is 0.146 e. The number of rotatable bonds is 2. The third kappa shape index (κ3) is 2.47. The van der Waals surface area contributed by atoms with Crippen LogP contribution in [0.2, 0.25) is 0 Å². The molecule has 3 aromatic rings. The van der Waals surface area contributed by atoms with Crippen LogP contribution in [0.15, 0.2) is 42.9 Å². The standard InChI is InChI=1S/C18H21N5/c19-13-6-8-14(9-7-13)23-10-15(12-4-2-1-3-5-12)16-17(20)21-11-22-18(16)23/h1-5,10-11,13-14H,6-9,19H2,(H2,20,21,22). The van der Waals surface area contributed by atoms with Gasteiger partial charge in [0.25, 0.3) is 0 Å². The van der Waals surface area contributed by atoms with E-state index < -0.39 is 0 Å². The van der Waals surface area contributed by atoms with Gasteiger partial charge in [-0.15, -0.1) is 0 Å². The second kappa shape index (κ2) is 5.66. The molecule has 4 N–H and O–H groups in total. The molecule has 1 aromatic carbocycles. The van der Waals surface area contributed by atoms with Crippen molar-refractivity contribution in [3.63, 3.8) is 0 Å². The predicted molar refractivity (Wildman–Crippen MR) is 92.9 cm³/mol. The van der Waals surface area contributed by atoms with Crippen molar-refractivity contribution in [2.75, 3.05) is 5.73 Å². The zero-order valence-electron chi connectivity index (χ0n) is 13.0. The molecule has 0 bridgehead atoms. The summed E-state index contributed by atoms with van der Waals surface area (Å²) in [4.78, 5) is 8.72. The van der Waals surface area contributed by atoms with Gasteiger partial charge in [-0.1, -0.05) is 30.3 Å². The molecule has 1 aliphatic rings. The zero-order valence-corrected chi connectivity index (χ0v) is 13.0. The number of fused-ring (bicyclic) bond motifs is 1. The maximum Gasteiger partial charge on any atom is 0.146 e. The van der Waals surface area contributed by atoms with Crippen LogP contribution in [0.5, 0.6) is 0 Å². The molecule has 0 saturated heterocycles. The monoisotopic (exact) mass is 307 g/mol. The molecule has 0 amide bonds. The van der Waals surface area contributed by atoms with Crippen molar-refractivity contribution in [3.8, 4) is 11.1 Å². The Hall–Kier alpha value is -2.40. The van der Waals surface area contributed by atoms with E-state index in [1.165, 1.54) is 0 Å². The number of hydrogen-bond acceptors (Lipinski definition) is 4. The fourth-order valence-electron chi connectivity index (χ4n) is 3.60. The van der Waals surface area contributed by atoms with Gasteiger partial charge in [0.1, 0.15) is 17.8 Å². The number of anilines is 1. The van der Waals surface area contributed by atoms with Crippen LogP contribution in [0.1, 0.15) is 31.7 Å². The van der Waals surface area contributed by atoms with Gasteiger partial charge in [0.2, 0.25) is 0 Å². The van der Waals surface area contributed by atoms with E-state index in [1.807, 2.05) is 18.2 Å². The molecule has 5 nitrogen and oxygen atoms in total. The first-order valence-corrected chi connectivity index (χ1v) is 8.16. The van der Waals surface area contributed by atoms with E-state index in [0.29, 0.717) is 17.9 Å². The Morgan fingerprint density at radius 2 is 1.74 bits per heavy atom. The minimum Gasteiger partial charge on any atom is -0.383 e. The summed E-state index contributed by atoms with van der Waals surface area (Å²) in [6, 6.07) is 11.1. The van der Waals surface area contributed by atoms with Gasteiger partial charge in [-0.25, -0.2) is 9.97 Å². The molecule has 0 aliphatic heterocycles. The van der Waals surface area contributed by atoms with Crippen LogP contribution in [0.25, 0.3) is 22.2 Å². The van der Waals surface area contributed by atoms with E-state index in [4.69, 9.17) is 11.5 Å². The minimum absolute atomic E-state index is 0.335.